The van der Waals surface area contributed by atoms with Crippen molar-refractivity contribution in [3.05, 3.63) is 34.9 Å². The number of rotatable bonds is 5. The fourth-order valence-electron chi connectivity index (χ4n) is 1.88. The van der Waals surface area contributed by atoms with Crippen molar-refractivity contribution in [1.82, 2.24) is 4.90 Å². The molecule has 0 radical (unpaired) electrons. The smallest absolute Gasteiger partial charge is 0.239 e. The van der Waals surface area contributed by atoms with Crippen LogP contribution in [0.2, 0.25) is 5.02 Å². The van der Waals surface area contributed by atoms with E-state index in [0.29, 0.717) is 23.9 Å². The van der Waals surface area contributed by atoms with E-state index >= 15 is 0 Å². The second-order valence-electron chi connectivity index (χ2n) is 5.06. The SMILES string of the molecule is CC(C)C[C@H](N)C(=O)N(C)Cc1cccc(Cl)c1. The summed E-state index contributed by atoms with van der Waals surface area (Å²) in [7, 11) is 1.77. The number of halogens is 1. The molecule has 0 saturated heterocycles. The topological polar surface area (TPSA) is 46.3 Å². The molecule has 2 N–H and O–H groups in total. The normalized spacial score (nSPS) is 12.6. The van der Waals surface area contributed by atoms with E-state index in [4.69, 9.17) is 17.3 Å². The first-order valence-electron chi connectivity index (χ1n) is 6.15. The van der Waals surface area contributed by atoms with Crippen molar-refractivity contribution in [3.8, 4) is 0 Å². The summed E-state index contributed by atoms with van der Waals surface area (Å²) < 4.78 is 0. The van der Waals surface area contributed by atoms with Crippen LogP contribution < -0.4 is 5.73 Å². The quantitative estimate of drug-likeness (QED) is 0.892. The Morgan fingerprint density at radius 1 is 1.44 bits per heavy atom. The van der Waals surface area contributed by atoms with Crippen LogP contribution in [-0.4, -0.2) is 23.9 Å². The predicted molar refractivity (Wildman–Crippen MR) is 75.4 cm³/mol. The average Bonchev–Trinajstić information content (AvgIpc) is 2.27. The van der Waals surface area contributed by atoms with Crippen molar-refractivity contribution in [2.24, 2.45) is 11.7 Å². The molecule has 0 aliphatic rings. The molecule has 1 amide bonds. The zero-order chi connectivity index (χ0) is 13.7. The number of hydrogen-bond acceptors (Lipinski definition) is 2. The lowest BCUT2D eigenvalue weighted by Crippen LogP contribution is -2.42. The molecule has 100 valence electrons. The Morgan fingerprint density at radius 2 is 2.11 bits per heavy atom. The van der Waals surface area contributed by atoms with Crippen LogP contribution >= 0.6 is 11.6 Å². The van der Waals surface area contributed by atoms with E-state index in [1.807, 2.05) is 24.3 Å². The van der Waals surface area contributed by atoms with Gasteiger partial charge >= 0.3 is 0 Å². The molecule has 18 heavy (non-hydrogen) atoms. The maximum absolute atomic E-state index is 12.0. The zero-order valence-corrected chi connectivity index (χ0v) is 11.9. The van der Waals surface area contributed by atoms with Crippen LogP contribution in [0.3, 0.4) is 0 Å². The fourth-order valence-corrected chi connectivity index (χ4v) is 2.09. The summed E-state index contributed by atoms with van der Waals surface area (Å²) >= 11 is 5.91. The molecule has 0 spiro atoms. The van der Waals surface area contributed by atoms with Gasteiger partial charge in [-0.25, -0.2) is 0 Å². The van der Waals surface area contributed by atoms with E-state index < -0.39 is 6.04 Å². The second kappa shape index (κ2) is 6.76. The second-order valence-corrected chi connectivity index (χ2v) is 5.50. The first-order valence-corrected chi connectivity index (χ1v) is 6.53. The molecule has 4 heteroatoms. The van der Waals surface area contributed by atoms with Crippen LogP contribution in [0.1, 0.15) is 25.8 Å². The number of nitrogens with two attached hydrogens (primary N) is 1. The molecular weight excluding hydrogens is 248 g/mol. The first-order chi connectivity index (χ1) is 8.40. The molecule has 0 unspecified atom stereocenters. The van der Waals surface area contributed by atoms with Crippen LogP contribution in [0.15, 0.2) is 24.3 Å². The van der Waals surface area contributed by atoms with Gasteiger partial charge in [0, 0.05) is 18.6 Å². The van der Waals surface area contributed by atoms with E-state index in [0.717, 1.165) is 5.56 Å². The summed E-state index contributed by atoms with van der Waals surface area (Å²) in [6.45, 7) is 4.65. The Bertz CT molecular complexity index is 407. The van der Waals surface area contributed by atoms with Gasteiger partial charge in [0.1, 0.15) is 0 Å². The average molecular weight is 269 g/mol. The number of carbonyl (C=O) groups excluding carboxylic acids is 1. The van der Waals surface area contributed by atoms with Crippen molar-refractivity contribution < 1.29 is 4.79 Å². The van der Waals surface area contributed by atoms with Gasteiger partial charge in [-0.2, -0.15) is 0 Å². The van der Waals surface area contributed by atoms with Crippen LogP contribution in [0.25, 0.3) is 0 Å². The molecule has 0 aliphatic carbocycles. The van der Waals surface area contributed by atoms with Gasteiger partial charge in [-0.3, -0.25) is 4.79 Å². The molecule has 0 heterocycles. The summed E-state index contributed by atoms with van der Waals surface area (Å²) in [5, 5.41) is 0.680. The van der Waals surface area contributed by atoms with Crippen LogP contribution in [0, 0.1) is 5.92 Å². The van der Waals surface area contributed by atoms with Crippen LogP contribution in [0.4, 0.5) is 0 Å². The molecule has 0 saturated carbocycles. The Kier molecular flexibility index (Phi) is 5.63. The molecule has 1 aromatic carbocycles. The monoisotopic (exact) mass is 268 g/mol. The maximum atomic E-state index is 12.0. The maximum Gasteiger partial charge on any atom is 0.239 e. The van der Waals surface area contributed by atoms with Crippen molar-refractivity contribution in [2.75, 3.05) is 7.05 Å². The molecular formula is C14H21ClN2O. The Balaban J connectivity index is 2.59. The van der Waals surface area contributed by atoms with Gasteiger partial charge in [0.2, 0.25) is 5.91 Å². The number of benzene rings is 1. The van der Waals surface area contributed by atoms with Crippen LogP contribution in [0.5, 0.6) is 0 Å². The van der Waals surface area contributed by atoms with Gasteiger partial charge < -0.3 is 10.6 Å². The highest BCUT2D eigenvalue weighted by molar-refractivity contribution is 6.30. The summed E-state index contributed by atoms with van der Waals surface area (Å²) in [6.07, 6.45) is 0.707. The zero-order valence-electron chi connectivity index (χ0n) is 11.2. The molecule has 0 fully saturated rings. The Hall–Kier alpha value is -1.06. The van der Waals surface area contributed by atoms with Gasteiger partial charge in [0.05, 0.1) is 6.04 Å². The van der Waals surface area contributed by atoms with Gasteiger partial charge in [-0.15, -0.1) is 0 Å². The Morgan fingerprint density at radius 3 is 2.67 bits per heavy atom. The van der Waals surface area contributed by atoms with E-state index in [1.165, 1.54) is 0 Å². The van der Waals surface area contributed by atoms with Crippen molar-refractivity contribution in [1.29, 1.82) is 0 Å². The minimum absolute atomic E-state index is 0.0244. The third-order valence-electron chi connectivity index (χ3n) is 2.73. The number of carbonyl (C=O) groups is 1. The molecule has 1 rings (SSSR count). The van der Waals surface area contributed by atoms with Crippen molar-refractivity contribution in [3.63, 3.8) is 0 Å². The minimum atomic E-state index is -0.422. The van der Waals surface area contributed by atoms with Gasteiger partial charge in [-0.05, 0) is 30.0 Å². The highest BCUT2D eigenvalue weighted by atomic mass is 35.5. The standard InChI is InChI=1S/C14H21ClN2O/c1-10(2)7-13(16)14(18)17(3)9-11-5-4-6-12(15)8-11/h4-6,8,10,13H,7,9,16H2,1-3H3/t13-/m0/s1. The lowest BCUT2D eigenvalue weighted by molar-refractivity contribution is -0.132. The third-order valence-corrected chi connectivity index (χ3v) is 2.96. The molecule has 0 aromatic heterocycles. The van der Waals surface area contributed by atoms with Crippen molar-refractivity contribution >= 4 is 17.5 Å². The number of amides is 1. The van der Waals surface area contributed by atoms with E-state index in [-0.39, 0.29) is 5.91 Å². The highest BCUT2D eigenvalue weighted by Crippen LogP contribution is 2.13. The molecule has 0 bridgehead atoms. The van der Waals surface area contributed by atoms with Gasteiger partial charge in [-0.1, -0.05) is 37.6 Å². The number of likely N-dealkylation sites (N-methyl/N-ethyl adjacent to an activating group) is 1. The lowest BCUT2D eigenvalue weighted by atomic mass is 10.0. The largest absolute Gasteiger partial charge is 0.340 e. The number of hydrogen-bond donors (Lipinski definition) is 1. The van der Waals surface area contributed by atoms with Gasteiger partial charge in [0.15, 0.2) is 0 Å². The summed E-state index contributed by atoms with van der Waals surface area (Å²) in [5.74, 6) is 0.396. The van der Waals surface area contributed by atoms with Crippen LogP contribution in [-0.2, 0) is 11.3 Å². The summed E-state index contributed by atoms with van der Waals surface area (Å²) in [5.41, 5.74) is 6.89. The highest BCUT2D eigenvalue weighted by Gasteiger charge is 2.19. The lowest BCUT2D eigenvalue weighted by Gasteiger charge is -2.22. The predicted octanol–water partition coefficient (Wildman–Crippen LogP) is 2.67. The van der Waals surface area contributed by atoms with Gasteiger partial charge in [0.25, 0.3) is 0 Å². The van der Waals surface area contributed by atoms with E-state index in [9.17, 15) is 4.79 Å². The van der Waals surface area contributed by atoms with E-state index in [2.05, 4.69) is 13.8 Å². The third kappa shape index (κ3) is 4.67. The number of nitrogens with zero attached hydrogens (tertiary/aromatic N) is 1. The molecule has 1 aromatic rings. The minimum Gasteiger partial charge on any atom is -0.340 e. The first kappa shape index (κ1) is 15.0. The molecule has 3 nitrogen and oxygen atoms in total. The Labute approximate surface area is 114 Å². The molecule has 1 atom stereocenters. The molecule has 0 aliphatic heterocycles. The van der Waals surface area contributed by atoms with Crippen molar-refractivity contribution in [2.45, 2.75) is 32.9 Å². The fraction of sp³-hybridized carbons (Fsp3) is 0.500. The summed E-state index contributed by atoms with van der Waals surface area (Å²) in [4.78, 5) is 13.7. The van der Waals surface area contributed by atoms with E-state index in [1.54, 1.807) is 11.9 Å². The summed E-state index contributed by atoms with van der Waals surface area (Å²) in [6, 6.07) is 7.08.